The predicted molar refractivity (Wildman–Crippen MR) is 51.8 cm³/mol. The molecule has 1 aromatic rings. The van der Waals surface area contributed by atoms with Gasteiger partial charge in [-0.05, 0) is 6.08 Å². The Balaban J connectivity index is 2.59. The van der Waals surface area contributed by atoms with E-state index in [-0.39, 0.29) is 5.78 Å². The average molecular weight is 176 g/mol. The van der Waals surface area contributed by atoms with Gasteiger partial charge < -0.3 is 4.74 Å². The second-order valence-corrected chi connectivity index (χ2v) is 2.59. The Labute approximate surface area is 77.8 Å². The monoisotopic (exact) mass is 176 g/mol. The van der Waals surface area contributed by atoms with Gasteiger partial charge in [0.15, 0.2) is 5.78 Å². The fourth-order valence-electron chi connectivity index (χ4n) is 0.950. The fraction of sp³-hybridized carbons (Fsp3) is 0.182. The Bertz CT molecular complexity index is 288. The van der Waals surface area contributed by atoms with Gasteiger partial charge in [-0.15, -0.1) is 0 Å². The SMILES string of the molecule is COC/C=C/C(=O)c1ccccc1. The first-order chi connectivity index (χ1) is 6.34. The Morgan fingerprint density at radius 3 is 2.69 bits per heavy atom. The van der Waals surface area contributed by atoms with E-state index in [2.05, 4.69) is 0 Å². The number of hydrogen-bond donors (Lipinski definition) is 0. The molecule has 0 aliphatic heterocycles. The molecule has 0 N–H and O–H groups in total. The molecule has 0 unspecified atom stereocenters. The third kappa shape index (κ3) is 3.22. The number of rotatable bonds is 4. The maximum atomic E-state index is 11.4. The molecule has 0 saturated carbocycles. The molecule has 0 fully saturated rings. The Hall–Kier alpha value is -1.41. The predicted octanol–water partition coefficient (Wildman–Crippen LogP) is 2.07. The molecule has 0 aliphatic carbocycles. The van der Waals surface area contributed by atoms with Gasteiger partial charge in [-0.1, -0.05) is 36.4 Å². The summed E-state index contributed by atoms with van der Waals surface area (Å²) in [5, 5.41) is 0. The fourth-order valence-corrected chi connectivity index (χ4v) is 0.950. The van der Waals surface area contributed by atoms with Crippen molar-refractivity contribution in [2.45, 2.75) is 0 Å². The summed E-state index contributed by atoms with van der Waals surface area (Å²) in [6, 6.07) is 9.16. The van der Waals surface area contributed by atoms with Gasteiger partial charge in [0, 0.05) is 12.7 Å². The lowest BCUT2D eigenvalue weighted by Gasteiger charge is -1.93. The van der Waals surface area contributed by atoms with E-state index in [0.29, 0.717) is 12.2 Å². The van der Waals surface area contributed by atoms with E-state index < -0.39 is 0 Å². The molecule has 0 amide bonds. The van der Waals surface area contributed by atoms with E-state index in [1.807, 2.05) is 18.2 Å². The number of methoxy groups -OCH3 is 1. The topological polar surface area (TPSA) is 26.3 Å². The Morgan fingerprint density at radius 1 is 1.38 bits per heavy atom. The van der Waals surface area contributed by atoms with E-state index in [0.717, 1.165) is 0 Å². The van der Waals surface area contributed by atoms with Crippen molar-refractivity contribution in [2.24, 2.45) is 0 Å². The molecule has 0 heterocycles. The van der Waals surface area contributed by atoms with Crippen LogP contribution in [0.5, 0.6) is 0 Å². The van der Waals surface area contributed by atoms with Crippen molar-refractivity contribution in [1.82, 2.24) is 0 Å². The molecule has 1 rings (SSSR count). The number of benzene rings is 1. The highest BCUT2D eigenvalue weighted by Crippen LogP contribution is 2.00. The number of ether oxygens (including phenoxy) is 1. The summed E-state index contributed by atoms with van der Waals surface area (Å²) in [5.74, 6) is 0.0117. The molecule has 1 aromatic carbocycles. The largest absolute Gasteiger partial charge is 0.381 e. The summed E-state index contributed by atoms with van der Waals surface area (Å²) in [4.78, 5) is 11.4. The second kappa shape index (κ2) is 5.27. The zero-order valence-corrected chi connectivity index (χ0v) is 7.57. The highest BCUT2D eigenvalue weighted by Gasteiger charge is 1.97. The molecule has 0 saturated heterocycles. The highest BCUT2D eigenvalue weighted by molar-refractivity contribution is 6.04. The molecular weight excluding hydrogens is 164 g/mol. The lowest BCUT2D eigenvalue weighted by Crippen LogP contribution is -1.94. The van der Waals surface area contributed by atoms with E-state index in [1.54, 1.807) is 25.3 Å². The van der Waals surface area contributed by atoms with E-state index in [4.69, 9.17) is 4.74 Å². The number of carbonyl (C=O) groups is 1. The first kappa shape index (κ1) is 9.68. The quantitative estimate of drug-likeness (QED) is 0.518. The van der Waals surface area contributed by atoms with Crippen LogP contribution in [0.3, 0.4) is 0 Å². The van der Waals surface area contributed by atoms with Crippen LogP contribution < -0.4 is 0 Å². The van der Waals surface area contributed by atoms with E-state index in [1.165, 1.54) is 6.08 Å². The standard InChI is InChI=1S/C11H12O2/c1-13-9-5-8-11(12)10-6-3-2-4-7-10/h2-8H,9H2,1H3/b8-5+. The minimum Gasteiger partial charge on any atom is -0.381 e. The van der Waals surface area contributed by atoms with Crippen LogP contribution in [0.2, 0.25) is 0 Å². The van der Waals surface area contributed by atoms with Crippen molar-refractivity contribution in [3.05, 3.63) is 48.0 Å². The summed E-state index contributed by atoms with van der Waals surface area (Å²) in [6.45, 7) is 0.471. The van der Waals surface area contributed by atoms with Crippen molar-refractivity contribution < 1.29 is 9.53 Å². The Kier molecular flexibility index (Phi) is 3.93. The first-order valence-electron chi connectivity index (χ1n) is 4.09. The van der Waals surface area contributed by atoms with Crippen LogP contribution in [0.25, 0.3) is 0 Å². The third-order valence-corrected chi connectivity index (χ3v) is 1.59. The maximum absolute atomic E-state index is 11.4. The normalized spacial score (nSPS) is 10.5. The zero-order valence-electron chi connectivity index (χ0n) is 7.57. The van der Waals surface area contributed by atoms with Gasteiger partial charge in [-0.25, -0.2) is 0 Å². The molecule has 0 bridgehead atoms. The molecular formula is C11H12O2. The lowest BCUT2D eigenvalue weighted by atomic mass is 10.1. The summed E-state index contributed by atoms with van der Waals surface area (Å²) < 4.78 is 4.79. The summed E-state index contributed by atoms with van der Waals surface area (Å²) in [6.07, 6.45) is 3.23. The van der Waals surface area contributed by atoms with Gasteiger partial charge in [0.05, 0.1) is 6.61 Å². The minimum absolute atomic E-state index is 0.0117. The van der Waals surface area contributed by atoms with Crippen molar-refractivity contribution >= 4 is 5.78 Å². The second-order valence-electron chi connectivity index (χ2n) is 2.59. The van der Waals surface area contributed by atoms with Gasteiger partial charge in [0.2, 0.25) is 0 Å². The van der Waals surface area contributed by atoms with Crippen LogP contribution in [-0.2, 0) is 4.74 Å². The molecule has 13 heavy (non-hydrogen) atoms. The van der Waals surface area contributed by atoms with Crippen molar-refractivity contribution in [2.75, 3.05) is 13.7 Å². The molecule has 0 spiro atoms. The number of allylic oxidation sites excluding steroid dienone is 1. The molecule has 0 atom stereocenters. The number of hydrogen-bond acceptors (Lipinski definition) is 2. The maximum Gasteiger partial charge on any atom is 0.185 e. The van der Waals surface area contributed by atoms with Crippen LogP contribution in [0.15, 0.2) is 42.5 Å². The molecule has 2 nitrogen and oxygen atoms in total. The van der Waals surface area contributed by atoms with Crippen LogP contribution in [0, 0.1) is 0 Å². The number of ketones is 1. The zero-order chi connectivity index (χ0) is 9.52. The van der Waals surface area contributed by atoms with Gasteiger partial charge in [0.25, 0.3) is 0 Å². The van der Waals surface area contributed by atoms with Crippen LogP contribution >= 0.6 is 0 Å². The van der Waals surface area contributed by atoms with E-state index >= 15 is 0 Å². The molecule has 0 aromatic heterocycles. The summed E-state index contributed by atoms with van der Waals surface area (Å²) >= 11 is 0. The molecule has 0 radical (unpaired) electrons. The first-order valence-corrected chi connectivity index (χ1v) is 4.09. The smallest absolute Gasteiger partial charge is 0.185 e. The number of carbonyl (C=O) groups excluding carboxylic acids is 1. The molecule has 0 aliphatic rings. The van der Waals surface area contributed by atoms with Gasteiger partial charge >= 0.3 is 0 Å². The van der Waals surface area contributed by atoms with Gasteiger partial charge in [-0.3, -0.25) is 4.79 Å². The van der Waals surface area contributed by atoms with Gasteiger partial charge in [-0.2, -0.15) is 0 Å². The average Bonchev–Trinajstić information content (AvgIpc) is 2.19. The minimum atomic E-state index is 0.0117. The van der Waals surface area contributed by atoms with Crippen LogP contribution in [0.1, 0.15) is 10.4 Å². The molecule has 68 valence electrons. The highest BCUT2D eigenvalue weighted by atomic mass is 16.5. The Morgan fingerprint density at radius 2 is 2.08 bits per heavy atom. The van der Waals surface area contributed by atoms with Crippen LogP contribution in [0.4, 0.5) is 0 Å². The van der Waals surface area contributed by atoms with Crippen molar-refractivity contribution in [3.8, 4) is 0 Å². The molecule has 2 heteroatoms. The van der Waals surface area contributed by atoms with Crippen molar-refractivity contribution in [1.29, 1.82) is 0 Å². The van der Waals surface area contributed by atoms with Crippen molar-refractivity contribution in [3.63, 3.8) is 0 Å². The van der Waals surface area contributed by atoms with Crippen LogP contribution in [-0.4, -0.2) is 19.5 Å². The summed E-state index contributed by atoms with van der Waals surface area (Å²) in [5.41, 5.74) is 0.704. The van der Waals surface area contributed by atoms with Gasteiger partial charge in [0.1, 0.15) is 0 Å². The van der Waals surface area contributed by atoms with E-state index in [9.17, 15) is 4.79 Å². The third-order valence-electron chi connectivity index (χ3n) is 1.59. The lowest BCUT2D eigenvalue weighted by molar-refractivity contribution is 0.104. The summed E-state index contributed by atoms with van der Waals surface area (Å²) in [7, 11) is 1.59.